The van der Waals surface area contributed by atoms with Crippen molar-refractivity contribution in [3.63, 3.8) is 0 Å². The quantitative estimate of drug-likeness (QED) is 0.413. The number of fused-ring (bicyclic) bond motifs is 1. The molecular weight excluding hydrogens is 443 g/mol. The molecule has 1 aliphatic heterocycles. The van der Waals surface area contributed by atoms with Crippen LogP contribution in [0.4, 0.5) is 4.39 Å². The van der Waals surface area contributed by atoms with Crippen LogP contribution < -0.4 is 4.74 Å². The number of hydrogen-bond donors (Lipinski definition) is 1. The molecule has 1 aliphatic rings. The summed E-state index contributed by atoms with van der Waals surface area (Å²) in [5.41, 5.74) is 2.97. The molecule has 0 radical (unpaired) electrons. The van der Waals surface area contributed by atoms with Crippen molar-refractivity contribution in [3.05, 3.63) is 53.8 Å². The highest BCUT2D eigenvalue weighted by atomic mass is 19.1. The second kappa shape index (κ2) is 9.62. The number of H-pyrrole nitrogens is 1. The summed E-state index contributed by atoms with van der Waals surface area (Å²) in [7, 11) is 1.55. The molecule has 0 aliphatic carbocycles. The molecule has 1 saturated heterocycles. The zero-order valence-electron chi connectivity index (χ0n) is 18.5. The Kier molecular flexibility index (Phi) is 6.24. The van der Waals surface area contributed by atoms with E-state index in [1.165, 1.54) is 6.07 Å². The van der Waals surface area contributed by atoms with Gasteiger partial charge in [0.2, 0.25) is 0 Å². The van der Waals surface area contributed by atoms with Crippen molar-refractivity contribution in [1.82, 2.24) is 20.3 Å². The largest absolute Gasteiger partial charge is 0.488 e. The lowest BCUT2D eigenvalue weighted by Gasteiger charge is -2.26. The van der Waals surface area contributed by atoms with Gasteiger partial charge in [-0.1, -0.05) is 17.3 Å². The molecule has 2 aromatic heterocycles. The molecule has 3 heterocycles. The lowest BCUT2D eigenvalue weighted by atomic mass is 10.1. The van der Waals surface area contributed by atoms with Crippen LogP contribution in [-0.4, -0.2) is 66.4 Å². The van der Waals surface area contributed by atoms with Crippen LogP contribution in [0.2, 0.25) is 0 Å². The number of nitrogens with zero attached hydrogens (tertiary/aromatic N) is 3. The summed E-state index contributed by atoms with van der Waals surface area (Å²) >= 11 is 0. The predicted octanol–water partition coefficient (Wildman–Crippen LogP) is 3.87. The van der Waals surface area contributed by atoms with Gasteiger partial charge in [0.25, 0.3) is 5.91 Å². The van der Waals surface area contributed by atoms with E-state index in [0.29, 0.717) is 60.1 Å². The lowest BCUT2D eigenvalue weighted by molar-refractivity contribution is -0.00571. The van der Waals surface area contributed by atoms with Crippen molar-refractivity contribution in [1.29, 1.82) is 0 Å². The van der Waals surface area contributed by atoms with Gasteiger partial charge in [0.1, 0.15) is 24.7 Å². The van der Waals surface area contributed by atoms with Crippen molar-refractivity contribution >= 4 is 16.8 Å². The Morgan fingerprint density at radius 3 is 2.82 bits per heavy atom. The Hall–Kier alpha value is -3.76. The summed E-state index contributed by atoms with van der Waals surface area (Å²) in [6, 6.07) is 11.8. The minimum Gasteiger partial charge on any atom is -0.488 e. The predicted molar refractivity (Wildman–Crippen MR) is 121 cm³/mol. The fraction of sp³-hybridized carbons (Fsp3) is 0.292. The van der Waals surface area contributed by atoms with Gasteiger partial charge >= 0.3 is 0 Å². The normalized spacial score (nSPS) is 14.0. The summed E-state index contributed by atoms with van der Waals surface area (Å²) in [6.07, 6.45) is 0.833. The molecule has 4 aromatic rings. The Labute approximate surface area is 194 Å². The number of aromatic amines is 1. The molecule has 0 atom stereocenters. The van der Waals surface area contributed by atoms with Crippen molar-refractivity contribution in [2.75, 3.05) is 40.2 Å². The molecule has 176 valence electrons. The fourth-order valence-electron chi connectivity index (χ4n) is 3.80. The second-order valence-corrected chi connectivity index (χ2v) is 7.85. The van der Waals surface area contributed by atoms with Gasteiger partial charge in [0.05, 0.1) is 18.7 Å². The maximum atomic E-state index is 14.5. The van der Waals surface area contributed by atoms with Crippen molar-refractivity contribution in [2.45, 2.75) is 6.42 Å². The molecule has 9 nitrogen and oxygen atoms in total. The molecule has 0 unspecified atom stereocenters. The maximum Gasteiger partial charge on any atom is 0.255 e. The molecule has 10 heteroatoms. The van der Waals surface area contributed by atoms with E-state index in [-0.39, 0.29) is 18.3 Å². The van der Waals surface area contributed by atoms with Crippen molar-refractivity contribution in [2.24, 2.45) is 0 Å². The first-order chi connectivity index (χ1) is 16.6. The van der Waals surface area contributed by atoms with Crippen LogP contribution in [0, 0.1) is 5.82 Å². The first-order valence-corrected chi connectivity index (χ1v) is 10.9. The number of rotatable bonds is 7. The third-order valence-electron chi connectivity index (χ3n) is 5.58. The number of ether oxygens (including phenoxy) is 3. The molecule has 5 rings (SSSR count). The summed E-state index contributed by atoms with van der Waals surface area (Å²) in [6.45, 7) is 2.27. The molecule has 1 amide bonds. The summed E-state index contributed by atoms with van der Waals surface area (Å²) in [5, 5.41) is 11.8. The zero-order valence-corrected chi connectivity index (χ0v) is 18.5. The van der Waals surface area contributed by atoms with Crippen molar-refractivity contribution < 1.29 is 27.9 Å². The number of nitrogens with one attached hydrogen (secondary N) is 1. The minimum absolute atomic E-state index is 0.0670. The zero-order chi connectivity index (χ0) is 23.5. The SMILES string of the molecule is COCCOc1cc2[nH]nc(-c3cc(-c4ccc(C(=O)N5CCCOC5)cc4)no3)c2cc1F. The number of aromatic nitrogens is 3. The number of amides is 1. The van der Waals surface area contributed by atoms with E-state index in [9.17, 15) is 9.18 Å². The van der Waals surface area contributed by atoms with Crippen LogP contribution in [0.5, 0.6) is 5.75 Å². The molecule has 0 bridgehead atoms. The number of methoxy groups -OCH3 is 1. The molecular formula is C24H23FN4O5. The third kappa shape index (κ3) is 4.37. The molecule has 1 N–H and O–H groups in total. The van der Waals surface area contributed by atoms with Gasteiger partial charge in [0, 0.05) is 42.3 Å². The van der Waals surface area contributed by atoms with E-state index >= 15 is 0 Å². The van der Waals surface area contributed by atoms with Crippen LogP contribution in [-0.2, 0) is 9.47 Å². The highest BCUT2D eigenvalue weighted by Gasteiger charge is 2.20. The van der Waals surface area contributed by atoms with E-state index in [1.807, 2.05) is 12.1 Å². The van der Waals surface area contributed by atoms with Crippen LogP contribution >= 0.6 is 0 Å². The first kappa shape index (κ1) is 22.1. The van der Waals surface area contributed by atoms with E-state index < -0.39 is 5.82 Å². The van der Waals surface area contributed by atoms with Gasteiger partial charge in [-0.25, -0.2) is 4.39 Å². The average molecular weight is 466 g/mol. The number of carbonyl (C=O) groups excluding carboxylic acids is 1. The van der Waals surface area contributed by atoms with Crippen molar-refractivity contribution in [3.8, 4) is 28.5 Å². The Balaban J connectivity index is 1.35. The lowest BCUT2D eigenvalue weighted by Crippen LogP contribution is -2.38. The van der Waals surface area contributed by atoms with E-state index in [0.717, 1.165) is 12.0 Å². The second-order valence-electron chi connectivity index (χ2n) is 7.85. The molecule has 0 saturated carbocycles. The van der Waals surface area contributed by atoms with E-state index in [1.54, 1.807) is 36.3 Å². The monoisotopic (exact) mass is 466 g/mol. The van der Waals surface area contributed by atoms with Crippen LogP contribution in [0.25, 0.3) is 33.6 Å². The van der Waals surface area contributed by atoms with Crippen LogP contribution in [0.1, 0.15) is 16.8 Å². The van der Waals surface area contributed by atoms with Gasteiger partial charge < -0.3 is 23.6 Å². The standard InChI is InChI=1S/C24H23FN4O5/c1-31-9-10-33-21-13-20-17(11-18(21)25)23(27-26-20)22-12-19(28-34-22)15-3-5-16(6-4-15)24(30)29-7-2-8-32-14-29/h3-6,11-13H,2,7-10,14H2,1H3,(H,26,27). The number of carbonyl (C=O) groups is 1. The molecule has 34 heavy (non-hydrogen) atoms. The summed E-state index contributed by atoms with van der Waals surface area (Å²) < 4.78 is 35.7. The summed E-state index contributed by atoms with van der Waals surface area (Å²) in [5.74, 6) is -0.0730. The molecule has 1 fully saturated rings. The van der Waals surface area contributed by atoms with Gasteiger partial charge in [-0.15, -0.1) is 0 Å². The third-order valence-corrected chi connectivity index (χ3v) is 5.58. The number of hydrogen-bond acceptors (Lipinski definition) is 7. The fourth-order valence-corrected chi connectivity index (χ4v) is 3.80. The van der Waals surface area contributed by atoms with E-state index in [2.05, 4.69) is 15.4 Å². The average Bonchev–Trinajstić information content (AvgIpc) is 3.51. The number of halogens is 1. The topological polar surface area (TPSA) is 103 Å². The van der Waals surface area contributed by atoms with Gasteiger partial charge in [-0.2, -0.15) is 5.10 Å². The molecule has 2 aromatic carbocycles. The first-order valence-electron chi connectivity index (χ1n) is 10.9. The van der Waals surface area contributed by atoms with E-state index in [4.69, 9.17) is 18.7 Å². The van der Waals surface area contributed by atoms with Gasteiger partial charge in [0.15, 0.2) is 17.3 Å². The molecule has 0 spiro atoms. The highest BCUT2D eigenvalue weighted by Crippen LogP contribution is 2.33. The van der Waals surface area contributed by atoms with Crippen LogP contribution in [0.3, 0.4) is 0 Å². The smallest absolute Gasteiger partial charge is 0.255 e. The highest BCUT2D eigenvalue weighted by molar-refractivity contribution is 5.95. The van der Waals surface area contributed by atoms with Gasteiger partial charge in [-0.3, -0.25) is 9.89 Å². The van der Waals surface area contributed by atoms with Crippen LogP contribution in [0.15, 0.2) is 47.0 Å². The minimum atomic E-state index is -0.509. The van der Waals surface area contributed by atoms with Gasteiger partial charge in [-0.05, 0) is 24.6 Å². The Bertz CT molecular complexity index is 1290. The Morgan fingerprint density at radius 1 is 1.21 bits per heavy atom. The Morgan fingerprint density at radius 2 is 2.06 bits per heavy atom. The number of benzene rings is 2. The maximum absolute atomic E-state index is 14.5. The summed E-state index contributed by atoms with van der Waals surface area (Å²) in [4.78, 5) is 14.3.